The molecule has 0 aromatic heterocycles. The van der Waals surface area contributed by atoms with Crippen LogP contribution in [0.1, 0.15) is 6.92 Å². The Hall–Kier alpha value is -0.890. The highest BCUT2D eigenvalue weighted by atomic mass is 16.6. The van der Waals surface area contributed by atoms with Gasteiger partial charge in [-0.3, -0.25) is 0 Å². The Kier molecular flexibility index (Phi) is 6.97. The van der Waals surface area contributed by atoms with Crippen molar-refractivity contribution in [1.29, 1.82) is 0 Å². The van der Waals surface area contributed by atoms with Crippen LogP contribution in [0.25, 0.3) is 10.4 Å². The molecule has 0 aromatic carbocycles. The molecule has 8 heteroatoms. The number of ether oxygens (including phenoxy) is 1. The third kappa shape index (κ3) is 4.93. The molecular formula is C7H15N3O5. The van der Waals surface area contributed by atoms with Crippen molar-refractivity contribution in [1.82, 2.24) is 0 Å². The Bertz CT molecular complexity index is 219. The minimum absolute atomic E-state index is 0.497. The molecule has 0 spiro atoms. The van der Waals surface area contributed by atoms with Crippen LogP contribution in [0, 0.1) is 0 Å². The molecule has 0 bridgehead atoms. The van der Waals surface area contributed by atoms with E-state index in [1.807, 2.05) is 0 Å². The summed E-state index contributed by atoms with van der Waals surface area (Å²) in [4.78, 5) is 2.41. The number of hydrogen-bond donors (Lipinski definition) is 4. The molecular weight excluding hydrogens is 206 g/mol. The maximum absolute atomic E-state index is 9.32. The van der Waals surface area contributed by atoms with Gasteiger partial charge in [-0.2, -0.15) is 0 Å². The van der Waals surface area contributed by atoms with Gasteiger partial charge in [-0.15, -0.1) is 0 Å². The van der Waals surface area contributed by atoms with E-state index in [2.05, 4.69) is 10.0 Å². The van der Waals surface area contributed by atoms with Crippen LogP contribution in [0.15, 0.2) is 5.11 Å². The summed E-state index contributed by atoms with van der Waals surface area (Å²) in [5, 5.41) is 39.0. The molecule has 0 aliphatic rings. The topological polar surface area (TPSA) is 139 Å². The molecule has 88 valence electrons. The van der Waals surface area contributed by atoms with Crippen molar-refractivity contribution >= 4 is 0 Å². The number of azide groups is 1. The maximum Gasteiger partial charge on any atom is 0.165 e. The molecule has 1 unspecified atom stereocenters. The summed E-state index contributed by atoms with van der Waals surface area (Å²) >= 11 is 0. The van der Waals surface area contributed by atoms with Gasteiger partial charge < -0.3 is 25.2 Å². The lowest BCUT2D eigenvalue weighted by molar-refractivity contribution is -0.184. The Labute approximate surface area is 86.4 Å². The standard InChI is InChI=1S/C7H15N3O5/c1-4(13)6(3-12)15-7(14)5(2-11)9-10-8/h4-7,11-14H,2-3H2,1H3/t4-,5-,6?,7-/m0/s1. The van der Waals surface area contributed by atoms with Gasteiger partial charge >= 0.3 is 0 Å². The molecule has 0 radical (unpaired) electrons. The number of rotatable bonds is 7. The number of aliphatic hydroxyl groups is 4. The Morgan fingerprint density at radius 1 is 1.33 bits per heavy atom. The van der Waals surface area contributed by atoms with E-state index in [0.29, 0.717) is 0 Å². The van der Waals surface area contributed by atoms with Gasteiger partial charge in [0.25, 0.3) is 0 Å². The molecule has 8 nitrogen and oxygen atoms in total. The van der Waals surface area contributed by atoms with Gasteiger partial charge in [0.05, 0.1) is 19.3 Å². The van der Waals surface area contributed by atoms with Gasteiger partial charge in [0.1, 0.15) is 12.1 Å². The summed E-state index contributed by atoms with van der Waals surface area (Å²) in [5.74, 6) is 0. The van der Waals surface area contributed by atoms with Crippen LogP contribution >= 0.6 is 0 Å². The molecule has 0 saturated heterocycles. The minimum atomic E-state index is -1.57. The monoisotopic (exact) mass is 221 g/mol. The summed E-state index contributed by atoms with van der Waals surface area (Å²) in [6, 6.07) is -1.16. The van der Waals surface area contributed by atoms with Crippen molar-refractivity contribution in [3.63, 3.8) is 0 Å². The average molecular weight is 221 g/mol. The van der Waals surface area contributed by atoms with Crippen molar-refractivity contribution in [3.05, 3.63) is 10.4 Å². The average Bonchev–Trinajstić information content (AvgIpc) is 2.21. The molecule has 4 atom stereocenters. The van der Waals surface area contributed by atoms with Gasteiger partial charge in [0.2, 0.25) is 0 Å². The van der Waals surface area contributed by atoms with E-state index in [1.165, 1.54) is 6.92 Å². The lowest BCUT2D eigenvalue weighted by Crippen LogP contribution is -2.39. The molecule has 0 aromatic rings. The molecule has 4 N–H and O–H groups in total. The summed E-state index contributed by atoms with van der Waals surface area (Å²) in [5.41, 5.74) is 8.10. The summed E-state index contributed by atoms with van der Waals surface area (Å²) < 4.78 is 4.80. The van der Waals surface area contributed by atoms with Gasteiger partial charge in [0, 0.05) is 4.91 Å². The van der Waals surface area contributed by atoms with Crippen molar-refractivity contribution in [3.8, 4) is 0 Å². The summed E-state index contributed by atoms with van der Waals surface area (Å²) in [6.07, 6.45) is -3.56. The van der Waals surface area contributed by atoms with E-state index in [1.54, 1.807) is 0 Å². The highest BCUT2D eigenvalue weighted by molar-refractivity contribution is 4.72. The van der Waals surface area contributed by atoms with Crippen LogP contribution in [0.4, 0.5) is 0 Å². The summed E-state index contributed by atoms with van der Waals surface area (Å²) in [6.45, 7) is 0.279. The van der Waals surface area contributed by atoms with Crippen LogP contribution in [0.2, 0.25) is 0 Å². The second-order valence-corrected chi connectivity index (χ2v) is 2.94. The van der Waals surface area contributed by atoms with Crippen LogP contribution < -0.4 is 0 Å². The van der Waals surface area contributed by atoms with Crippen LogP contribution in [-0.2, 0) is 4.74 Å². The number of aliphatic hydroxyl groups excluding tert-OH is 4. The SMILES string of the molecule is C[C@H](O)C(CO)O[C@H](O)[C@H](CO)N=[N+]=[N-]. The van der Waals surface area contributed by atoms with Gasteiger partial charge in [-0.05, 0) is 12.5 Å². The first kappa shape index (κ1) is 14.1. The highest BCUT2D eigenvalue weighted by Crippen LogP contribution is 2.07. The number of nitrogens with zero attached hydrogens (tertiary/aromatic N) is 3. The van der Waals surface area contributed by atoms with Gasteiger partial charge in [0.15, 0.2) is 6.29 Å². The molecule has 0 rings (SSSR count). The molecule has 0 fully saturated rings. The molecule has 0 heterocycles. The Morgan fingerprint density at radius 2 is 1.93 bits per heavy atom. The predicted molar refractivity (Wildman–Crippen MR) is 49.7 cm³/mol. The zero-order valence-electron chi connectivity index (χ0n) is 8.26. The smallest absolute Gasteiger partial charge is 0.165 e. The van der Waals surface area contributed by atoms with Crippen molar-refractivity contribution in [2.24, 2.45) is 5.11 Å². The van der Waals surface area contributed by atoms with Crippen LogP contribution in [0.5, 0.6) is 0 Å². The molecule has 0 aliphatic heterocycles. The lowest BCUT2D eigenvalue weighted by Gasteiger charge is -2.24. The molecule has 0 saturated carbocycles. The van der Waals surface area contributed by atoms with Crippen molar-refractivity contribution in [2.75, 3.05) is 13.2 Å². The fourth-order valence-corrected chi connectivity index (χ4v) is 0.829. The largest absolute Gasteiger partial charge is 0.396 e. The first-order valence-corrected chi connectivity index (χ1v) is 4.34. The van der Waals surface area contributed by atoms with E-state index in [0.717, 1.165) is 0 Å². The van der Waals surface area contributed by atoms with E-state index >= 15 is 0 Å². The van der Waals surface area contributed by atoms with Crippen molar-refractivity contribution in [2.45, 2.75) is 31.5 Å². The molecule has 15 heavy (non-hydrogen) atoms. The van der Waals surface area contributed by atoms with E-state index in [4.69, 9.17) is 25.6 Å². The zero-order chi connectivity index (χ0) is 11.8. The fraction of sp³-hybridized carbons (Fsp3) is 1.00. The fourth-order valence-electron chi connectivity index (χ4n) is 0.829. The zero-order valence-corrected chi connectivity index (χ0v) is 8.26. The third-order valence-electron chi connectivity index (χ3n) is 1.75. The first-order chi connectivity index (χ1) is 7.06. The van der Waals surface area contributed by atoms with E-state index in [-0.39, 0.29) is 0 Å². The predicted octanol–water partition coefficient (Wildman–Crippen LogP) is -1.27. The maximum atomic E-state index is 9.32. The highest BCUT2D eigenvalue weighted by Gasteiger charge is 2.24. The molecule has 0 aliphatic carbocycles. The first-order valence-electron chi connectivity index (χ1n) is 4.34. The second kappa shape index (κ2) is 7.41. The quantitative estimate of drug-likeness (QED) is 0.184. The van der Waals surface area contributed by atoms with Crippen molar-refractivity contribution < 1.29 is 25.2 Å². The molecule has 0 amide bonds. The Balaban J connectivity index is 4.30. The third-order valence-corrected chi connectivity index (χ3v) is 1.75. The van der Waals surface area contributed by atoms with Crippen LogP contribution in [0.3, 0.4) is 0 Å². The normalized spacial score (nSPS) is 18.7. The Morgan fingerprint density at radius 3 is 2.27 bits per heavy atom. The van der Waals surface area contributed by atoms with E-state index < -0.39 is 37.8 Å². The van der Waals surface area contributed by atoms with Crippen LogP contribution in [-0.4, -0.2) is 58.2 Å². The van der Waals surface area contributed by atoms with E-state index in [9.17, 15) is 5.11 Å². The minimum Gasteiger partial charge on any atom is -0.396 e. The second-order valence-electron chi connectivity index (χ2n) is 2.94. The number of hydrogen-bond acceptors (Lipinski definition) is 6. The van der Waals surface area contributed by atoms with Gasteiger partial charge in [-0.1, -0.05) is 5.11 Å². The lowest BCUT2D eigenvalue weighted by atomic mass is 10.2. The summed E-state index contributed by atoms with van der Waals surface area (Å²) in [7, 11) is 0. The van der Waals surface area contributed by atoms with Gasteiger partial charge in [-0.25, -0.2) is 0 Å².